The van der Waals surface area contributed by atoms with E-state index in [0.29, 0.717) is 19.0 Å². The summed E-state index contributed by atoms with van der Waals surface area (Å²) in [5, 5.41) is 20.5. The number of hydrogen-bond donors (Lipinski definition) is 0. The van der Waals surface area contributed by atoms with Crippen LogP contribution in [-0.4, -0.2) is 27.1 Å². The highest BCUT2D eigenvalue weighted by Gasteiger charge is 1.95. The fourth-order valence-electron chi connectivity index (χ4n) is 1.29. The molecule has 1 aromatic rings. The summed E-state index contributed by atoms with van der Waals surface area (Å²) < 4.78 is 15.2. The standard InChI is InChI=1S/C12H17BO5/c1-2-3-8-16-9-10-17-11-4-6-12(7-5-11)18-13(14)15/h4-7H,2-3,8-10H2,1H3/q-2. The van der Waals surface area contributed by atoms with Crippen molar-refractivity contribution in [3.05, 3.63) is 24.3 Å². The van der Waals surface area contributed by atoms with Gasteiger partial charge in [0.15, 0.2) is 0 Å². The summed E-state index contributed by atoms with van der Waals surface area (Å²) in [5.41, 5.74) is 0. The Labute approximate surface area is 107 Å². The lowest BCUT2D eigenvalue weighted by Crippen LogP contribution is -2.50. The average molecular weight is 252 g/mol. The minimum atomic E-state index is -2.30. The zero-order valence-electron chi connectivity index (χ0n) is 10.5. The SMILES string of the molecule is CCCCOCCOc1ccc(OB([O-])[O-])cc1. The summed E-state index contributed by atoms with van der Waals surface area (Å²) in [4.78, 5) is 0. The fourth-order valence-corrected chi connectivity index (χ4v) is 1.29. The Kier molecular flexibility index (Phi) is 7.25. The molecule has 5 nitrogen and oxygen atoms in total. The van der Waals surface area contributed by atoms with E-state index in [0.717, 1.165) is 19.4 Å². The van der Waals surface area contributed by atoms with Gasteiger partial charge in [0, 0.05) is 6.61 Å². The van der Waals surface area contributed by atoms with E-state index in [4.69, 9.17) is 9.47 Å². The maximum atomic E-state index is 10.3. The molecule has 0 saturated carbocycles. The van der Waals surface area contributed by atoms with Gasteiger partial charge in [0.25, 0.3) is 0 Å². The van der Waals surface area contributed by atoms with Crippen molar-refractivity contribution in [1.82, 2.24) is 0 Å². The van der Waals surface area contributed by atoms with Crippen LogP contribution in [0.1, 0.15) is 19.8 Å². The minimum Gasteiger partial charge on any atom is -0.860 e. The molecule has 0 aromatic heterocycles. The van der Waals surface area contributed by atoms with Crippen LogP contribution in [0.3, 0.4) is 0 Å². The van der Waals surface area contributed by atoms with Crippen molar-refractivity contribution in [3.8, 4) is 11.5 Å². The molecular formula is C12H17BO5-2. The second-order valence-electron chi connectivity index (χ2n) is 3.69. The van der Waals surface area contributed by atoms with Crippen LogP contribution in [0.4, 0.5) is 0 Å². The van der Waals surface area contributed by atoms with E-state index in [1.54, 1.807) is 12.1 Å². The molecule has 0 radical (unpaired) electrons. The minimum absolute atomic E-state index is 0.247. The summed E-state index contributed by atoms with van der Waals surface area (Å²) in [6.07, 6.45) is 2.17. The molecule has 1 rings (SSSR count). The molecule has 0 amide bonds. The number of benzene rings is 1. The lowest BCUT2D eigenvalue weighted by Gasteiger charge is -2.26. The largest absolute Gasteiger partial charge is 0.860 e. The second-order valence-corrected chi connectivity index (χ2v) is 3.69. The topological polar surface area (TPSA) is 73.8 Å². The summed E-state index contributed by atoms with van der Waals surface area (Å²) in [6, 6.07) is 6.33. The zero-order chi connectivity index (χ0) is 13.2. The zero-order valence-corrected chi connectivity index (χ0v) is 10.5. The van der Waals surface area contributed by atoms with Gasteiger partial charge in [-0.3, -0.25) is 0 Å². The fraction of sp³-hybridized carbons (Fsp3) is 0.500. The maximum absolute atomic E-state index is 10.3. The molecule has 100 valence electrons. The van der Waals surface area contributed by atoms with E-state index in [9.17, 15) is 10.0 Å². The van der Waals surface area contributed by atoms with Gasteiger partial charge < -0.3 is 24.2 Å². The molecule has 18 heavy (non-hydrogen) atoms. The predicted octanol–water partition coefficient (Wildman–Crippen LogP) is -0.0336. The highest BCUT2D eigenvalue weighted by atomic mass is 16.6. The van der Waals surface area contributed by atoms with Crippen LogP contribution in [0.2, 0.25) is 0 Å². The first-order valence-corrected chi connectivity index (χ1v) is 6.01. The number of rotatable bonds is 9. The van der Waals surface area contributed by atoms with E-state index in [-0.39, 0.29) is 5.75 Å². The van der Waals surface area contributed by atoms with Gasteiger partial charge in [-0.05, 0) is 30.7 Å². The normalized spacial score (nSPS) is 10.2. The molecule has 0 saturated heterocycles. The van der Waals surface area contributed by atoms with Crippen molar-refractivity contribution >= 4 is 7.32 Å². The van der Waals surface area contributed by atoms with Crippen molar-refractivity contribution in [2.75, 3.05) is 19.8 Å². The molecule has 0 heterocycles. The highest BCUT2D eigenvalue weighted by molar-refractivity contribution is 6.29. The first-order chi connectivity index (χ1) is 8.72. The summed E-state index contributed by atoms with van der Waals surface area (Å²) in [5.74, 6) is 0.895. The van der Waals surface area contributed by atoms with Crippen LogP contribution in [0.25, 0.3) is 0 Å². The summed E-state index contributed by atoms with van der Waals surface area (Å²) >= 11 is 0. The lowest BCUT2D eigenvalue weighted by atomic mass is 10.2. The smallest absolute Gasteiger partial charge is 0.133 e. The molecular weight excluding hydrogens is 235 g/mol. The second kappa shape index (κ2) is 8.80. The van der Waals surface area contributed by atoms with Crippen LogP contribution < -0.4 is 19.4 Å². The van der Waals surface area contributed by atoms with Crippen LogP contribution in [0.5, 0.6) is 11.5 Å². The van der Waals surface area contributed by atoms with Gasteiger partial charge in [-0.15, -0.1) is 0 Å². The van der Waals surface area contributed by atoms with Crippen LogP contribution >= 0.6 is 0 Å². The number of hydrogen-bond acceptors (Lipinski definition) is 5. The van der Waals surface area contributed by atoms with Crippen molar-refractivity contribution < 1.29 is 24.2 Å². The van der Waals surface area contributed by atoms with Gasteiger partial charge in [0.1, 0.15) is 19.7 Å². The Morgan fingerprint density at radius 1 is 1.00 bits per heavy atom. The van der Waals surface area contributed by atoms with Crippen molar-refractivity contribution in [2.45, 2.75) is 19.8 Å². The third kappa shape index (κ3) is 6.49. The Morgan fingerprint density at radius 2 is 1.67 bits per heavy atom. The molecule has 0 atom stereocenters. The molecule has 0 unspecified atom stereocenters. The van der Waals surface area contributed by atoms with E-state index < -0.39 is 7.32 Å². The van der Waals surface area contributed by atoms with Crippen LogP contribution in [0, 0.1) is 0 Å². The molecule has 0 fully saturated rings. The van der Waals surface area contributed by atoms with Gasteiger partial charge in [0.2, 0.25) is 0 Å². The van der Waals surface area contributed by atoms with Crippen molar-refractivity contribution in [3.63, 3.8) is 0 Å². The van der Waals surface area contributed by atoms with E-state index in [1.165, 1.54) is 12.1 Å². The van der Waals surface area contributed by atoms with Gasteiger partial charge in [-0.25, -0.2) is 0 Å². The molecule has 1 aromatic carbocycles. The molecule has 0 bridgehead atoms. The Morgan fingerprint density at radius 3 is 2.28 bits per heavy atom. The van der Waals surface area contributed by atoms with E-state index in [2.05, 4.69) is 11.6 Å². The van der Waals surface area contributed by atoms with Gasteiger partial charge in [-0.1, -0.05) is 13.3 Å². The molecule has 0 aliphatic carbocycles. The monoisotopic (exact) mass is 252 g/mol. The van der Waals surface area contributed by atoms with E-state index in [1.807, 2.05) is 0 Å². The quantitative estimate of drug-likeness (QED) is 0.455. The van der Waals surface area contributed by atoms with Crippen molar-refractivity contribution in [1.29, 1.82) is 0 Å². The van der Waals surface area contributed by atoms with Crippen LogP contribution in [-0.2, 0) is 4.74 Å². The van der Waals surface area contributed by atoms with Gasteiger partial charge >= 0.3 is 0 Å². The Balaban J connectivity index is 2.18. The number of unbranched alkanes of at least 4 members (excludes halogenated alkanes) is 1. The highest BCUT2D eigenvalue weighted by Crippen LogP contribution is 2.17. The molecule has 0 spiro atoms. The molecule has 0 aliphatic rings. The first-order valence-electron chi connectivity index (χ1n) is 6.01. The average Bonchev–Trinajstić information content (AvgIpc) is 2.35. The summed E-state index contributed by atoms with van der Waals surface area (Å²) in [6.45, 7) is 3.87. The lowest BCUT2D eigenvalue weighted by molar-refractivity contribution is -0.372. The predicted molar refractivity (Wildman–Crippen MR) is 64.0 cm³/mol. The van der Waals surface area contributed by atoms with Crippen LogP contribution in [0.15, 0.2) is 24.3 Å². The first kappa shape index (κ1) is 14.8. The molecule has 0 N–H and O–H groups in total. The van der Waals surface area contributed by atoms with Gasteiger partial charge in [0.05, 0.1) is 12.4 Å². The maximum Gasteiger partial charge on any atom is 0.133 e. The van der Waals surface area contributed by atoms with Crippen molar-refractivity contribution in [2.24, 2.45) is 0 Å². The summed E-state index contributed by atoms with van der Waals surface area (Å²) in [7, 11) is -2.30. The third-order valence-electron chi connectivity index (χ3n) is 2.19. The van der Waals surface area contributed by atoms with E-state index >= 15 is 0 Å². The number of ether oxygens (including phenoxy) is 2. The third-order valence-corrected chi connectivity index (χ3v) is 2.19. The molecule has 6 heteroatoms. The molecule has 0 aliphatic heterocycles. The van der Waals surface area contributed by atoms with Gasteiger partial charge in [-0.2, -0.15) is 0 Å². The Bertz CT molecular complexity index is 315. The Hall–Kier alpha value is -1.24.